The number of nitrogens with two attached hydrogens (primary N) is 1. The minimum absolute atomic E-state index is 0.225. The van der Waals surface area contributed by atoms with Crippen molar-refractivity contribution in [1.29, 1.82) is 0 Å². The number of fused-ring (bicyclic) bond motifs is 1. The molecule has 1 aromatic rings. The minimum atomic E-state index is 0.225. The van der Waals surface area contributed by atoms with Gasteiger partial charge < -0.3 is 10.6 Å². The molecule has 0 amide bonds. The molecule has 1 aromatic carbocycles. The number of hydrogen-bond acceptors (Lipinski definition) is 2. The van der Waals surface area contributed by atoms with Gasteiger partial charge in [0.15, 0.2) is 0 Å². The Morgan fingerprint density at radius 3 is 2.81 bits per heavy atom. The Morgan fingerprint density at radius 1 is 1.38 bits per heavy atom. The maximum absolute atomic E-state index is 5.90. The van der Waals surface area contributed by atoms with E-state index in [0.29, 0.717) is 0 Å². The Morgan fingerprint density at radius 2 is 2.12 bits per heavy atom. The molecule has 2 rings (SSSR count). The van der Waals surface area contributed by atoms with Gasteiger partial charge in [-0.25, -0.2) is 0 Å². The van der Waals surface area contributed by atoms with Crippen molar-refractivity contribution in [2.45, 2.75) is 45.6 Å². The van der Waals surface area contributed by atoms with Crippen LogP contribution in [-0.4, -0.2) is 12.1 Å². The predicted molar refractivity (Wildman–Crippen MR) is 70.9 cm³/mol. The number of hydrogen-bond donors (Lipinski definition) is 1. The van der Waals surface area contributed by atoms with Gasteiger partial charge >= 0.3 is 0 Å². The van der Waals surface area contributed by atoms with Crippen molar-refractivity contribution in [1.82, 2.24) is 0 Å². The molecule has 1 heterocycles. The van der Waals surface area contributed by atoms with E-state index in [0.717, 1.165) is 18.7 Å². The molecule has 0 radical (unpaired) electrons. The maximum Gasteiger partial charge on any atom is 0.0423 e. The van der Waals surface area contributed by atoms with Crippen LogP contribution in [0, 0.1) is 0 Å². The van der Waals surface area contributed by atoms with E-state index in [9.17, 15) is 0 Å². The molecule has 16 heavy (non-hydrogen) atoms. The van der Waals surface area contributed by atoms with Crippen molar-refractivity contribution in [3.63, 3.8) is 0 Å². The zero-order valence-corrected chi connectivity index (χ0v) is 10.6. The summed E-state index contributed by atoms with van der Waals surface area (Å²) >= 11 is 0. The Hall–Kier alpha value is -1.18. The van der Waals surface area contributed by atoms with Crippen molar-refractivity contribution < 1.29 is 0 Å². The van der Waals surface area contributed by atoms with Crippen LogP contribution in [0.3, 0.4) is 0 Å². The molecule has 0 atom stereocenters. The second kappa shape index (κ2) is 4.00. The van der Waals surface area contributed by atoms with E-state index in [1.165, 1.54) is 24.1 Å². The Balaban J connectivity index is 2.43. The van der Waals surface area contributed by atoms with Crippen molar-refractivity contribution in [2.24, 2.45) is 0 Å². The fourth-order valence-corrected chi connectivity index (χ4v) is 2.41. The van der Waals surface area contributed by atoms with E-state index in [-0.39, 0.29) is 5.54 Å². The first-order valence-corrected chi connectivity index (χ1v) is 6.20. The molecule has 88 valence electrons. The molecule has 0 fully saturated rings. The Bertz CT molecular complexity index is 382. The average Bonchev–Trinajstić information content (AvgIpc) is 2.28. The number of nitrogens with zero attached hydrogens (tertiary/aromatic N) is 1. The lowest BCUT2D eigenvalue weighted by atomic mass is 9.92. The van der Waals surface area contributed by atoms with Gasteiger partial charge in [0.25, 0.3) is 0 Å². The molecule has 1 aliphatic rings. The number of aryl methyl sites for hydroxylation is 1. The molecule has 1 aliphatic heterocycles. The van der Waals surface area contributed by atoms with E-state index in [1.807, 2.05) is 6.07 Å². The lowest BCUT2D eigenvalue weighted by molar-refractivity contribution is 0.431. The molecule has 0 bridgehead atoms. The lowest BCUT2D eigenvalue weighted by Crippen LogP contribution is -2.46. The third kappa shape index (κ3) is 1.89. The zero-order valence-electron chi connectivity index (χ0n) is 10.6. The highest BCUT2D eigenvalue weighted by molar-refractivity contribution is 5.63. The van der Waals surface area contributed by atoms with Crippen LogP contribution in [0.4, 0.5) is 11.4 Å². The van der Waals surface area contributed by atoms with Crippen molar-refractivity contribution >= 4 is 11.4 Å². The van der Waals surface area contributed by atoms with Crippen LogP contribution in [0.25, 0.3) is 0 Å². The molecule has 2 nitrogen and oxygen atoms in total. The third-order valence-electron chi connectivity index (χ3n) is 3.82. The fourth-order valence-electron chi connectivity index (χ4n) is 2.41. The first-order valence-electron chi connectivity index (χ1n) is 6.20. The summed E-state index contributed by atoms with van der Waals surface area (Å²) in [5, 5.41) is 0. The van der Waals surface area contributed by atoms with Crippen LogP contribution in [0.5, 0.6) is 0 Å². The summed E-state index contributed by atoms with van der Waals surface area (Å²) in [7, 11) is 0. The molecular formula is C14H22N2. The first kappa shape index (κ1) is 11.3. The number of anilines is 2. The standard InChI is InChI=1S/C14H22N2/c1-4-14(2,3)16-9-5-6-11-7-8-12(15)10-13(11)16/h7-8,10H,4-6,9,15H2,1-3H3. The summed E-state index contributed by atoms with van der Waals surface area (Å²) in [5.74, 6) is 0. The van der Waals surface area contributed by atoms with Gasteiger partial charge in [-0.2, -0.15) is 0 Å². The van der Waals surface area contributed by atoms with Crippen LogP contribution in [-0.2, 0) is 6.42 Å². The second-order valence-electron chi connectivity index (χ2n) is 5.31. The monoisotopic (exact) mass is 218 g/mol. The fraction of sp³-hybridized carbons (Fsp3) is 0.571. The molecule has 2 N–H and O–H groups in total. The molecular weight excluding hydrogens is 196 g/mol. The SMILES string of the molecule is CCC(C)(C)N1CCCc2ccc(N)cc21. The topological polar surface area (TPSA) is 29.3 Å². The van der Waals surface area contributed by atoms with Crippen LogP contribution < -0.4 is 10.6 Å². The third-order valence-corrected chi connectivity index (χ3v) is 3.82. The van der Waals surface area contributed by atoms with Gasteiger partial charge in [-0.15, -0.1) is 0 Å². The summed E-state index contributed by atoms with van der Waals surface area (Å²) in [6.45, 7) is 8.02. The van der Waals surface area contributed by atoms with E-state index < -0.39 is 0 Å². The molecule has 0 unspecified atom stereocenters. The van der Waals surface area contributed by atoms with E-state index in [4.69, 9.17) is 5.73 Å². The van der Waals surface area contributed by atoms with Gasteiger partial charge in [0.2, 0.25) is 0 Å². The normalized spacial score (nSPS) is 16.1. The molecule has 2 heteroatoms. The van der Waals surface area contributed by atoms with Crippen LogP contribution >= 0.6 is 0 Å². The molecule has 0 aromatic heterocycles. The van der Waals surface area contributed by atoms with Crippen molar-refractivity contribution in [2.75, 3.05) is 17.2 Å². The maximum atomic E-state index is 5.90. The summed E-state index contributed by atoms with van der Waals surface area (Å²) in [6, 6.07) is 6.33. The van der Waals surface area contributed by atoms with Crippen molar-refractivity contribution in [3.8, 4) is 0 Å². The van der Waals surface area contributed by atoms with Crippen LogP contribution in [0.1, 0.15) is 39.2 Å². The van der Waals surface area contributed by atoms with Crippen LogP contribution in [0.2, 0.25) is 0 Å². The van der Waals surface area contributed by atoms with E-state index in [1.54, 1.807) is 0 Å². The summed E-state index contributed by atoms with van der Waals surface area (Å²) < 4.78 is 0. The smallest absolute Gasteiger partial charge is 0.0423 e. The highest BCUT2D eigenvalue weighted by Crippen LogP contribution is 2.35. The van der Waals surface area contributed by atoms with Gasteiger partial charge in [-0.3, -0.25) is 0 Å². The largest absolute Gasteiger partial charge is 0.399 e. The van der Waals surface area contributed by atoms with Crippen molar-refractivity contribution in [3.05, 3.63) is 23.8 Å². The number of benzene rings is 1. The highest BCUT2D eigenvalue weighted by atomic mass is 15.2. The highest BCUT2D eigenvalue weighted by Gasteiger charge is 2.28. The zero-order chi connectivity index (χ0) is 11.8. The van der Waals surface area contributed by atoms with Gasteiger partial charge in [0.1, 0.15) is 0 Å². The number of rotatable bonds is 2. The Labute approximate surface area is 98.4 Å². The quantitative estimate of drug-likeness (QED) is 0.772. The molecule has 0 aliphatic carbocycles. The summed E-state index contributed by atoms with van der Waals surface area (Å²) in [5.41, 5.74) is 9.79. The van der Waals surface area contributed by atoms with E-state index in [2.05, 4.69) is 37.8 Å². The summed E-state index contributed by atoms with van der Waals surface area (Å²) in [6.07, 6.45) is 3.59. The van der Waals surface area contributed by atoms with Gasteiger partial charge in [0.05, 0.1) is 0 Å². The van der Waals surface area contributed by atoms with Gasteiger partial charge in [-0.1, -0.05) is 13.0 Å². The lowest BCUT2D eigenvalue weighted by Gasteiger charge is -2.43. The Kier molecular flexibility index (Phi) is 2.83. The van der Waals surface area contributed by atoms with Gasteiger partial charge in [0, 0.05) is 23.5 Å². The predicted octanol–water partition coefficient (Wildman–Crippen LogP) is 3.21. The number of nitrogen functional groups attached to an aromatic ring is 1. The second-order valence-corrected chi connectivity index (χ2v) is 5.31. The molecule has 0 spiro atoms. The molecule has 0 saturated heterocycles. The van der Waals surface area contributed by atoms with E-state index >= 15 is 0 Å². The van der Waals surface area contributed by atoms with Crippen LogP contribution in [0.15, 0.2) is 18.2 Å². The van der Waals surface area contributed by atoms with Gasteiger partial charge in [-0.05, 0) is 50.8 Å². The molecule has 0 saturated carbocycles. The average molecular weight is 218 g/mol. The summed E-state index contributed by atoms with van der Waals surface area (Å²) in [4.78, 5) is 2.52. The first-order chi connectivity index (χ1) is 7.54. The minimum Gasteiger partial charge on any atom is -0.399 e.